The predicted octanol–water partition coefficient (Wildman–Crippen LogP) is 6.95. The number of rotatable bonds is 5. The number of amidine groups is 1. The van der Waals surface area contributed by atoms with Crippen molar-refractivity contribution in [1.82, 2.24) is 4.98 Å². The van der Waals surface area contributed by atoms with Crippen LogP contribution in [0, 0.1) is 24.2 Å². The topological polar surface area (TPSA) is 92.1 Å². The van der Waals surface area contributed by atoms with Crippen molar-refractivity contribution in [1.29, 1.82) is 5.26 Å². The second-order valence-corrected chi connectivity index (χ2v) is 11.8. The molecule has 0 bridgehead atoms. The Morgan fingerprint density at radius 3 is 2.81 bits per heavy atom. The SMILES string of the molecule is CCCC1CC(=O)[C@H](c2ccc3sc(C)nc3c2)[C@@](C)(c2cc(-c3cccc(C#N)c3)cs2)N=C1N. The molecule has 0 spiro atoms. The van der Waals surface area contributed by atoms with Crippen LogP contribution >= 0.6 is 22.7 Å². The van der Waals surface area contributed by atoms with Crippen molar-refractivity contribution >= 4 is 44.5 Å². The third kappa shape index (κ3) is 4.36. The number of nitrogens with zero attached hydrogens (tertiary/aromatic N) is 3. The Kier molecular flexibility index (Phi) is 6.50. The van der Waals surface area contributed by atoms with Gasteiger partial charge in [-0.05, 0) is 72.7 Å². The fourth-order valence-electron chi connectivity index (χ4n) is 5.27. The van der Waals surface area contributed by atoms with Gasteiger partial charge in [-0.2, -0.15) is 5.26 Å². The molecule has 2 aromatic heterocycles. The van der Waals surface area contributed by atoms with Gasteiger partial charge in [0.1, 0.15) is 11.3 Å². The van der Waals surface area contributed by atoms with Gasteiger partial charge in [0.05, 0.1) is 38.6 Å². The van der Waals surface area contributed by atoms with E-state index in [0.29, 0.717) is 17.8 Å². The fraction of sp³-hybridized carbons (Fsp3) is 0.310. The maximum absolute atomic E-state index is 14.0. The van der Waals surface area contributed by atoms with Gasteiger partial charge in [0.25, 0.3) is 0 Å². The third-order valence-corrected chi connectivity index (χ3v) is 9.13. The number of benzene rings is 2. The van der Waals surface area contributed by atoms with Gasteiger partial charge < -0.3 is 5.73 Å². The Morgan fingerprint density at radius 2 is 2.03 bits per heavy atom. The van der Waals surface area contributed by atoms with Gasteiger partial charge in [-0.15, -0.1) is 22.7 Å². The molecular formula is C29H28N4OS2. The van der Waals surface area contributed by atoms with Crippen LogP contribution in [-0.2, 0) is 10.3 Å². The second kappa shape index (κ2) is 9.61. The van der Waals surface area contributed by atoms with Crippen molar-refractivity contribution in [3.8, 4) is 17.2 Å². The lowest BCUT2D eigenvalue weighted by Crippen LogP contribution is -2.33. The lowest BCUT2D eigenvalue weighted by molar-refractivity contribution is -0.122. The number of thiophene rings is 1. The largest absolute Gasteiger partial charge is 0.387 e. The molecule has 5 rings (SSSR count). The number of hydrogen-bond donors (Lipinski definition) is 1. The van der Waals surface area contributed by atoms with E-state index >= 15 is 0 Å². The number of carbonyl (C=O) groups excluding carboxylic acids is 1. The van der Waals surface area contributed by atoms with Crippen molar-refractivity contribution < 1.29 is 4.79 Å². The molecule has 5 nitrogen and oxygen atoms in total. The summed E-state index contributed by atoms with van der Waals surface area (Å²) < 4.78 is 1.11. The number of aliphatic imine (C=N–C) groups is 1. The summed E-state index contributed by atoms with van der Waals surface area (Å²) in [5.41, 5.74) is 10.2. The van der Waals surface area contributed by atoms with Crippen LogP contribution in [0.1, 0.15) is 60.0 Å². The molecular weight excluding hydrogens is 484 g/mol. The zero-order valence-corrected chi connectivity index (χ0v) is 22.2. The Bertz CT molecular complexity index is 1530. The number of nitrogens with two attached hydrogens (primary N) is 1. The van der Waals surface area contributed by atoms with Gasteiger partial charge in [0, 0.05) is 17.2 Å². The first-order valence-electron chi connectivity index (χ1n) is 12.2. The van der Waals surface area contributed by atoms with Gasteiger partial charge in [-0.25, -0.2) is 4.98 Å². The maximum Gasteiger partial charge on any atom is 0.143 e. The molecule has 2 aromatic carbocycles. The molecule has 0 saturated carbocycles. The molecule has 36 heavy (non-hydrogen) atoms. The van der Waals surface area contributed by atoms with Gasteiger partial charge in [0.2, 0.25) is 0 Å². The normalized spacial score (nSPS) is 22.3. The molecule has 0 amide bonds. The van der Waals surface area contributed by atoms with E-state index in [1.54, 1.807) is 28.7 Å². The second-order valence-electron chi connectivity index (χ2n) is 9.63. The average Bonchev–Trinajstić information content (AvgIpc) is 3.48. The van der Waals surface area contributed by atoms with E-state index in [4.69, 9.17) is 10.7 Å². The minimum Gasteiger partial charge on any atom is -0.387 e. The number of Topliss-reactive ketones (excluding diaryl/α,β-unsaturated/α-hetero) is 1. The van der Waals surface area contributed by atoms with Gasteiger partial charge in [-0.3, -0.25) is 9.79 Å². The highest BCUT2D eigenvalue weighted by molar-refractivity contribution is 7.18. The molecule has 1 aliphatic heterocycles. The number of hydrogen-bond acceptors (Lipinski definition) is 7. The summed E-state index contributed by atoms with van der Waals surface area (Å²) in [6.45, 7) is 6.15. The molecule has 182 valence electrons. The van der Waals surface area contributed by atoms with E-state index in [1.807, 2.05) is 32.0 Å². The number of aryl methyl sites for hydroxylation is 1. The van der Waals surface area contributed by atoms with Crippen LogP contribution in [-0.4, -0.2) is 16.6 Å². The summed E-state index contributed by atoms with van der Waals surface area (Å²) >= 11 is 3.24. The lowest BCUT2D eigenvalue weighted by atomic mass is 9.76. The van der Waals surface area contributed by atoms with Crippen LogP contribution in [0.4, 0.5) is 0 Å². The molecule has 4 aromatic rings. The van der Waals surface area contributed by atoms with Crippen molar-refractivity contribution in [2.45, 2.75) is 51.5 Å². The van der Waals surface area contributed by atoms with Gasteiger partial charge >= 0.3 is 0 Å². The third-order valence-electron chi connectivity index (χ3n) is 7.02. The van der Waals surface area contributed by atoms with Crippen molar-refractivity contribution in [2.24, 2.45) is 16.6 Å². The molecule has 7 heteroatoms. The summed E-state index contributed by atoms with van der Waals surface area (Å²) in [4.78, 5) is 24.7. The number of thiazole rings is 1. The van der Waals surface area contributed by atoms with Crippen LogP contribution in [0.5, 0.6) is 0 Å². The Balaban J connectivity index is 1.66. The van der Waals surface area contributed by atoms with Crippen molar-refractivity contribution in [2.75, 3.05) is 0 Å². The predicted molar refractivity (Wildman–Crippen MR) is 149 cm³/mol. The van der Waals surface area contributed by atoms with Gasteiger partial charge in [-0.1, -0.05) is 31.5 Å². The minimum atomic E-state index is -0.849. The summed E-state index contributed by atoms with van der Waals surface area (Å²) in [5.74, 6) is 0.195. The van der Waals surface area contributed by atoms with E-state index in [2.05, 4.69) is 47.6 Å². The number of nitriles is 1. The van der Waals surface area contributed by atoms with E-state index < -0.39 is 11.5 Å². The highest BCUT2D eigenvalue weighted by Crippen LogP contribution is 2.48. The van der Waals surface area contributed by atoms with Gasteiger partial charge in [0.15, 0.2) is 0 Å². The monoisotopic (exact) mass is 512 g/mol. The molecule has 2 N–H and O–H groups in total. The summed E-state index contributed by atoms with van der Waals surface area (Å²) in [6, 6.07) is 18.1. The van der Waals surface area contributed by atoms with E-state index in [-0.39, 0.29) is 11.7 Å². The first-order chi connectivity index (χ1) is 17.3. The summed E-state index contributed by atoms with van der Waals surface area (Å²) in [5, 5.41) is 12.4. The summed E-state index contributed by atoms with van der Waals surface area (Å²) in [6.07, 6.45) is 2.17. The van der Waals surface area contributed by atoms with Crippen LogP contribution in [0.25, 0.3) is 21.3 Å². The standard InChI is InChI=1S/C29H28N4OS2/c1-4-6-21-13-24(34)27(20-9-10-25-23(12-20)32-17(2)36-25)29(3,33-28(21)31)26-14-22(16-35-26)19-8-5-7-18(11-19)15-30/h5,7-12,14,16,21,27H,4,6,13H2,1-3H3,(H2,31,33)/t21?,27-,29+/m0/s1. The number of carbonyl (C=O) groups is 1. The number of fused-ring (bicyclic) bond motifs is 1. The van der Waals surface area contributed by atoms with Crippen molar-refractivity contribution in [3.05, 3.63) is 74.9 Å². The number of ketones is 1. The molecule has 3 heterocycles. The molecule has 0 radical (unpaired) electrons. The van der Waals surface area contributed by atoms with Crippen LogP contribution < -0.4 is 5.73 Å². The fourth-order valence-corrected chi connectivity index (χ4v) is 7.13. The quantitative estimate of drug-likeness (QED) is 0.313. The van der Waals surface area contributed by atoms with Crippen LogP contribution in [0.2, 0.25) is 0 Å². The highest BCUT2D eigenvalue weighted by atomic mass is 32.1. The highest BCUT2D eigenvalue weighted by Gasteiger charge is 2.46. The van der Waals surface area contributed by atoms with Crippen LogP contribution in [0.15, 0.2) is 58.9 Å². The first kappa shape index (κ1) is 24.4. The van der Waals surface area contributed by atoms with E-state index in [1.165, 1.54) is 0 Å². The average molecular weight is 513 g/mol. The Labute approximate surface area is 219 Å². The lowest BCUT2D eigenvalue weighted by Gasteiger charge is -2.32. The smallest absolute Gasteiger partial charge is 0.143 e. The zero-order valence-electron chi connectivity index (χ0n) is 20.6. The Hall–Kier alpha value is -3.34. The molecule has 0 saturated heterocycles. The molecule has 1 aliphatic rings. The zero-order chi connectivity index (χ0) is 25.4. The van der Waals surface area contributed by atoms with Crippen molar-refractivity contribution in [3.63, 3.8) is 0 Å². The van der Waals surface area contributed by atoms with E-state index in [0.717, 1.165) is 49.6 Å². The first-order valence-corrected chi connectivity index (χ1v) is 13.9. The van der Waals surface area contributed by atoms with Crippen LogP contribution in [0.3, 0.4) is 0 Å². The molecule has 0 aliphatic carbocycles. The Morgan fingerprint density at radius 1 is 1.19 bits per heavy atom. The summed E-state index contributed by atoms with van der Waals surface area (Å²) in [7, 11) is 0. The molecule has 1 unspecified atom stereocenters. The molecule has 0 fully saturated rings. The van der Waals surface area contributed by atoms with E-state index in [9.17, 15) is 10.1 Å². The maximum atomic E-state index is 14.0. The molecule has 3 atom stereocenters. The number of aromatic nitrogens is 1. The minimum absolute atomic E-state index is 0.0520.